The van der Waals surface area contributed by atoms with Crippen LogP contribution in [0.2, 0.25) is 0 Å². The lowest BCUT2D eigenvalue weighted by molar-refractivity contribution is 0.0294. The lowest BCUT2D eigenvalue weighted by Crippen LogP contribution is -2.56. The summed E-state index contributed by atoms with van der Waals surface area (Å²) in [6.45, 7) is 5.46. The normalized spacial score (nSPS) is 27.5. The summed E-state index contributed by atoms with van der Waals surface area (Å²) in [4.78, 5) is 14.2. The number of amides is 2. The van der Waals surface area contributed by atoms with E-state index < -0.39 is 0 Å². The monoisotopic (exact) mass is 357 g/mol. The Labute approximate surface area is 153 Å². The van der Waals surface area contributed by atoms with E-state index in [1.165, 1.54) is 12.1 Å². The molecule has 0 aromatic carbocycles. The molecule has 3 aliphatic rings. The van der Waals surface area contributed by atoms with Gasteiger partial charge in [-0.1, -0.05) is 0 Å². The van der Waals surface area contributed by atoms with Crippen LogP contribution >= 0.6 is 0 Å². The Morgan fingerprint density at radius 3 is 3.00 bits per heavy atom. The molecule has 7 nitrogen and oxygen atoms in total. The summed E-state index contributed by atoms with van der Waals surface area (Å²) in [7, 11) is 2.02. The molecule has 0 aliphatic carbocycles. The molecular formula is C19H27N5O2. The molecule has 2 amide bonds. The van der Waals surface area contributed by atoms with Gasteiger partial charge in [0.1, 0.15) is 5.69 Å². The van der Waals surface area contributed by atoms with Gasteiger partial charge in [0.2, 0.25) is 0 Å². The second kappa shape index (κ2) is 7.15. The second-order valence-electron chi connectivity index (χ2n) is 7.34. The lowest BCUT2D eigenvalue weighted by atomic mass is 9.74. The molecule has 7 heteroatoms. The molecule has 4 atom stereocenters. The van der Waals surface area contributed by atoms with Crippen LogP contribution in [0.25, 0.3) is 11.5 Å². The molecule has 4 unspecified atom stereocenters. The number of aryl methyl sites for hydroxylation is 1. The molecule has 2 aromatic rings. The molecule has 2 aromatic heterocycles. The topological polar surface area (TPSA) is 75.3 Å². The van der Waals surface area contributed by atoms with Gasteiger partial charge in [0.25, 0.3) is 0 Å². The van der Waals surface area contributed by atoms with Crippen molar-refractivity contribution >= 4 is 6.03 Å². The highest BCUT2D eigenvalue weighted by Gasteiger charge is 2.41. The van der Waals surface area contributed by atoms with Crippen LogP contribution in [0, 0.1) is 5.92 Å². The Morgan fingerprint density at radius 2 is 2.31 bits per heavy atom. The van der Waals surface area contributed by atoms with Crippen molar-refractivity contribution in [2.75, 3.05) is 26.2 Å². The van der Waals surface area contributed by atoms with Gasteiger partial charge in [0.15, 0.2) is 5.76 Å². The van der Waals surface area contributed by atoms with Gasteiger partial charge in [-0.15, -0.1) is 0 Å². The van der Waals surface area contributed by atoms with E-state index in [1.54, 1.807) is 6.26 Å². The molecule has 2 N–H and O–H groups in total. The van der Waals surface area contributed by atoms with E-state index in [0.29, 0.717) is 24.4 Å². The van der Waals surface area contributed by atoms with Gasteiger partial charge < -0.3 is 15.1 Å². The van der Waals surface area contributed by atoms with E-state index in [1.807, 2.05) is 30.8 Å². The summed E-state index contributed by atoms with van der Waals surface area (Å²) < 4.78 is 7.50. The third kappa shape index (κ3) is 3.23. The van der Waals surface area contributed by atoms with Crippen molar-refractivity contribution in [1.29, 1.82) is 0 Å². The average Bonchev–Trinajstić information content (AvgIpc) is 3.30. The summed E-state index contributed by atoms with van der Waals surface area (Å²) in [5.41, 5.74) is 2.18. The number of furan rings is 1. The van der Waals surface area contributed by atoms with Crippen LogP contribution in [-0.4, -0.2) is 52.9 Å². The van der Waals surface area contributed by atoms with Gasteiger partial charge in [0, 0.05) is 44.3 Å². The predicted octanol–water partition coefficient (Wildman–Crippen LogP) is 2.18. The largest absolute Gasteiger partial charge is 0.463 e. The van der Waals surface area contributed by atoms with Gasteiger partial charge in [0.05, 0.1) is 6.26 Å². The molecule has 0 saturated carbocycles. The molecule has 3 fully saturated rings. The summed E-state index contributed by atoms with van der Waals surface area (Å²) >= 11 is 0. The Morgan fingerprint density at radius 1 is 1.42 bits per heavy atom. The van der Waals surface area contributed by atoms with Crippen LogP contribution in [0.5, 0.6) is 0 Å². The third-order valence-electron chi connectivity index (χ3n) is 5.78. The van der Waals surface area contributed by atoms with Crippen molar-refractivity contribution in [2.24, 2.45) is 13.0 Å². The minimum absolute atomic E-state index is 0.0681. The SMILES string of the molecule is CCNC(=O)NCC1CC2CCN1CC2c1cc(-c2ccco2)nn1C. The Bertz CT molecular complexity index is 754. The maximum absolute atomic E-state index is 11.7. The first-order valence-electron chi connectivity index (χ1n) is 9.49. The van der Waals surface area contributed by atoms with E-state index in [2.05, 4.69) is 26.7 Å². The van der Waals surface area contributed by atoms with Crippen LogP contribution in [-0.2, 0) is 7.05 Å². The molecule has 5 rings (SSSR count). The molecule has 140 valence electrons. The van der Waals surface area contributed by atoms with Crippen molar-refractivity contribution in [3.8, 4) is 11.5 Å². The first-order chi connectivity index (χ1) is 12.7. The molecule has 26 heavy (non-hydrogen) atoms. The van der Waals surface area contributed by atoms with E-state index in [4.69, 9.17) is 4.42 Å². The quantitative estimate of drug-likeness (QED) is 0.860. The number of fused-ring (bicyclic) bond motifs is 3. The van der Waals surface area contributed by atoms with Crippen LogP contribution < -0.4 is 10.6 Å². The Kier molecular flexibility index (Phi) is 4.72. The number of hydrogen-bond donors (Lipinski definition) is 2. The summed E-state index contributed by atoms with van der Waals surface area (Å²) in [5, 5.41) is 10.5. The van der Waals surface area contributed by atoms with Gasteiger partial charge in [-0.2, -0.15) is 5.10 Å². The number of rotatable bonds is 5. The maximum Gasteiger partial charge on any atom is 0.314 e. The summed E-state index contributed by atoms with van der Waals surface area (Å²) in [6, 6.07) is 6.38. The zero-order valence-electron chi connectivity index (χ0n) is 15.4. The number of nitrogens with one attached hydrogen (secondary N) is 2. The number of hydrogen-bond acceptors (Lipinski definition) is 4. The second-order valence-corrected chi connectivity index (χ2v) is 7.34. The van der Waals surface area contributed by atoms with Gasteiger partial charge in [-0.05, 0) is 50.4 Å². The number of aromatic nitrogens is 2. The zero-order valence-corrected chi connectivity index (χ0v) is 15.4. The molecule has 2 bridgehead atoms. The fourth-order valence-electron chi connectivity index (χ4n) is 4.49. The Balaban J connectivity index is 1.44. The highest BCUT2D eigenvalue weighted by atomic mass is 16.3. The molecule has 0 spiro atoms. The molecule has 3 saturated heterocycles. The summed E-state index contributed by atoms with van der Waals surface area (Å²) in [6.07, 6.45) is 4.02. The highest BCUT2D eigenvalue weighted by molar-refractivity contribution is 5.73. The predicted molar refractivity (Wildman–Crippen MR) is 98.8 cm³/mol. The standard InChI is InChI=1S/C19H27N5O2/c1-3-20-19(25)21-11-14-9-13-6-7-24(14)12-15(13)17-10-16(22-23(17)2)18-5-4-8-26-18/h4-5,8,10,13-15H,3,6-7,9,11-12H2,1-2H3,(H2,20,21,25). The minimum atomic E-state index is -0.0681. The molecular weight excluding hydrogens is 330 g/mol. The summed E-state index contributed by atoms with van der Waals surface area (Å²) in [5.74, 6) is 1.95. The number of nitrogens with zero attached hydrogens (tertiary/aromatic N) is 3. The number of urea groups is 1. The van der Waals surface area contributed by atoms with E-state index in [-0.39, 0.29) is 6.03 Å². The molecule has 3 aliphatic heterocycles. The van der Waals surface area contributed by atoms with Gasteiger partial charge in [-0.3, -0.25) is 9.58 Å². The molecule has 5 heterocycles. The minimum Gasteiger partial charge on any atom is -0.463 e. The lowest BCUT2D eigenvalue weighted by Gasteiger charge is -2.49. The fourth-order valence-corrected chi connectivity index (χ4v) is 4.49. The first kappa shape index (κ1) is 17.1. The average molecular weight is 357 g/mol. The maximum atomic E-state index is 11.7. The van der Waals surface area contributed by atoms with Gasteiger partial charge in [-0.25, -0.2) is 4.79 Å². The van der Waals surface area contributed by atoms with Crippen LogP contribution in [0.4, 0.5) is 4.79 Å². The van der Waals surface area contributed by atoms with Crippen LogP contribution in [0.1, 0.15) is 31.4 Å². The van der Waals surface area contributed by atoms with Crippen molar-refractivity contribution in [3.05, 3.63) is 30.2 Å². The molecule has 0 radical (unpaired) electrons. The number of carbonyl (C=O) groups excluding carboxylic acids is 1. The highest BCUT2D eigenvalue weighted by Crippen LogP contribution is 2.42. The first-order valence-corrected chi connectivity index (χ1v) is 9.49. The van der Waals surface area contributed by atoms with Crippen LogP contribution in [0.3, 0.4) is 0 Å². The van der Waals surface area contributed by atoms with E-state index >= 15 is 0 Å². The smallest absolute Gasteiger partial charge is 0.314 e. The number of carbonyl (C=O) groups is 1. The van der Waals surface area contributed by atoms with Gasteiger partial charge >= 0.3 is 6.03 Å². The van der Waals surface area contributed by atoms with E-state index in [0.717, 1.165) is 37.5 Å². The van der Waals surface area contributed by atoms with Crippen molar-refractivity contribution in [3.63, 3.8) is 0 Å². The third-order valence-corrected chi connectivity index (χ3v) is 5.78. The fraction of sp³-hybridized carbons (Fsp3) is 0.579. The Hall–Kier alpha value is -2.28. The zero-order chi connectivity index (χ0) is 18.1. The van der Waals surface area contributed by atoms with Crippen LogP contribution in [0.15, 0.2) is 28.9 Å². The van der Waals surface area contributed by atoms with E-state index in [9.17, 15) is 4.79 Å². The number of piperidine rings is 3. The van der Waals surface area contributed by atoms with Crippen molar-refractivity contribution < 1.29 is 9.21 Å². The van der Waals surface area contributed by atoms with Crippen molar-refractivity contribution in [2.45, 2.75) is 31.7 Å². The van der Waals surface area contributed by atoms with Crippen molar-refractivity contribution in [1.82, 2.24) is 25.3 Å².